The average molecular weight is 424 g/mol. The maximum atomic E-state index is 13.0. The zero-order chi connectivity index (χ0) is 21.1. The molecule has 3 N–H and O–H groups in total. The highest BCUT2D eigenvalue weighted by molar-refractivity contribution is 7.90. The van der Waals surface area contributed by atoms with Gasteiger partial charge in [0.2, 0.25) is 0 Å². The van der Waals surface area contributed by atoms with Crippen molar-refractivity contribution in [3.05, 3.63) is 59.9 Å². The highest BCUT2D eigenvalue weighted by atomic mass is 32.2. The minimum Gasteiger partial charge on any atom is -0.493 e. The molecule has 0 aliphatic heterocycles. The van der Waals surface area contributed by atoms with Crippen LogP contribution in [0.4, 0.5) is 4.39 Å². The fourth-order valence-electron chi connectivity index (χ4n) is 3.65. The zero-order valence-electron chi connectivity index (χ0n) is 16.2. The van der Waals surface area contributed by atoms with Crippen LogP contribution in [0.1, 0.15) is 18.4 Å². The third-order valence-corrected chi connectivity index (χ3v) is 6.40. The number of aliphatic hydroxyl groups excluding tert-OH is 2. The number of benzene rings is 2. The van der Waals surface area contributed by atoms with E-state index in [9.17, 15) is 23.0 Å². The lowest BCUT2D eigenvalue weighted by Gasteiger charge is -2.29. The van der Waals surface area contributed by atoms with E-state index >= 15 is 0 Å². The monoisotopic (exact) mass is 423 g/mol. The lowest BCUT2D eigenvalue weighted by molar-refractivity contribution is 0.0438. The molecular formula is C21H26FNO5S. The van der Waals surface area contributed by atoms with E-state index in [-0.39, 0.29) is 17.3 Å². The Balaban J connectivity index is 1.63. The van der Waals surface area contributed by atoms with Gasteiger partial charge in [0, 0.05) is 24.8 Å². The van der Waals surface area contributed by atoms with Gasteiger partial charge in [-0.15, -0.1) is 0 Å². The Morgan fingerprint density at radius 3 is 2.21 bits per heavy atom. The van der Waals surface area contributed by atoms with Gasteiger partial charge in [-0.25, -0.2) is 12.8 Å². The average Bonchev–Trinajstić information content (AvgIpc) is 2.95. The first kappa shape index (κ1) is 21.7. The van der Waals surface area contributed by atoms with Gasteiger partial charge in [-0.3, -0.25) is 0 Å². The molecule has 6 nitrogen and oxygen atoms in total. The van der Waals surface area contributed by atoms with Crippen LogP contribution >= 0.6 is 0 Å². The second-order valence-corrected chi connectivity index (χ2v) is 9.82. The number of hydrogen-bond acceptors (Lipinski definition) is 6. The number of halogens is 1. The second kappa shape index (κ2) is 8.79. The summed E-state index contributed by atoms with van der Waals surface area (Å²) in [4.78, 5) is 0.215. The molecule has 2 atom stereocenters. The lowest BCUT2D eigenvalue weighted by Crippen LogP contribution is -2.37. The first-order valence-corrected chi connectivity index (χ1v) is 11.3. The van der Waals surface area contributed by atoms with Crippen molar-refractivity contribution in [3.63, 3.8) is 0 Å². The van der Waals surface area contributed by atoms with Crippen LogP contribution in [0, 0.1) is 11.2 Å². The van der Waals surface area contributed by atoms with Crippen molar-refractivity contribution in [2.75, 3.05) is 19.4 Å². The quantitative estimate of drug-likeness (QED) is 0.600. The Kier molecular flexibility index (Phi) is 6.58. The molecule has 29 heavy (non-hydrogen) atoms. The van der Waals surface area contributed by atoms with Gasteiger partial charge in [-0.1, -0.05) is 12.1 Å². The van der Waals surface area contributed by atoms with Gasteiger partial charge in [-0.2, -0.15) is 0 Å². The van der Waals surface area contributed by atoms with E-state index in [1.54, 1.807) is 24.3 Å². The fraction of sp³-hybridized carbons (Fsp3) is 0.429. The van der Waals surface area contributed by atoms with Crippen molar-refractivity contribution in [3.8, 4) is 5.75 Å². The van der Waals surface area contributed by atoms with Crippen LogP contribution in [-0.4, -0.2) is 50.2 Å². The molecule has 2 aromatic rings. The van der Waals surface area contributed by atoms with Gasteiger partial charge in [0.25, 0.3) is 0 Å². The molecule has 2 aromatic carbocycles. The molecule has 3 rings (SSSR count). The van der Waals surface area contributed by atoms with Crippen LogP contribution in [0.5, 0.6) is 5.75 Å². The van der Waals surface area contributed by atoms with Gasteiger partial charge < -0.3 is 20.3 Å². The SMILES string of the molecule is CS(=O)(=O)c1ccc(OCC2(CNCc3ccc(F)cc3)CC(O)C(O)C2)cc1. The Labute approximate surface area is 170 Å². The molecule has 1 aliphatic rings. The molecule has 0 radical (unpaired) electrons. The minimum atomic E-state index is -3.27. The standard InChI is InChI=1S/C21H26FNO5S/c1-29(26,27)18-8-6-17(7-9-18)28-14-21(10-19(24)20(25)11-21)13-23-12-15-2-4-16(22)5-3-15/h2-9,19-20,23-25H,10-14H2,1H3. The summed E-state index contributed by atoms with van der Waals surface area (Å²) in [6.07, 6.45) is 0.266. The molecule has 1 aliphatic carbocycles. The zero-order valence-corrected chi connectivity index (χ0v) is 17.0. The largest absolute Gasteiger partial charge is 0.493 e. The highest BCUT2D eigenvalue weighted by Crippen LogP contribution is 2.38. The summed E-state index contributed by atoms with van der Waals surface area (Å²) in [6, 6.07) is 12.4. The molecule has 0 heterocycles. The molecule has 0 saturated heterocycles. The number of aliphatic hydroxyl groups is 2. The Bertz CT molecular complexity index is 905. The van der Waals surface area contributed by atoms with E-state index in [1.807, 2.05) is 0 Å². The number of sulfone groups is 1. The van der Waals surface area contributed by atoms with Crippen molar-refractivity contribution >= 4 is 9.84 Å². The van der Waals surface area contributed by atoms with Gasteiger partial charge >= 0.3 is 0 Å². The summed E-state index contributed by atoms with van der Waals surface area (Å²) in [5.41, 5.74) is 0.451. The van der Waals surface area contributed by atoms with Crippen molar-refractivity contribution in [1.29, 1.82) is 0 Å². The van der Waals surface area contributed by atoms with E-state index in [2.05, 4.69) is 5.32 Å². The summed E-state index contributed by atoms with van der Waals surface area (Å²) >= 11 is 0. The van der Waals surface area contributed by atoms with E-state index in [1.165, 1.54) is 24.3 Å². The summed E-state index contributed by atoms with van der Waals surface area (Å²) < 4.78 is 42.0. The molecule has 0 spiro atoms. The molecule has 2 unspecified atom stereocenters. The third-order valence-electron chi connectivity index (χ3n) is 5.27. The van der Waals surface area contributed by atoms with Crippen molar-refractivity contribution in [1.82, 2.24) is 5.32 Å². The molecule has 0 bridgehead atoms. The summed E-state index contributed by atoms with van der Waals surface area (Å²) in [5.74, 6) is 0.230. The Morgan fingerprint density at radius 2 is 1.66 bits per heavy atom. The summed E-state index contributed by atoms with van der Waals surface area (Å²) in [7, 11) is -3.27. The first-order chi connectivity index (χ1) is 13.7. The molecule has 1 fully saturated rings. The predicted octanol–water partition coefficient (Wildman–Crippen LogP) is 1.90. The van der Waals surface area contributed by atoms with E-state index in [4.69, 9.17) is 4.74 Å². The smallest absolute Gasteiger partial charge is 0.175 e. The number of hydrogen-bond donors (Lipinski definition) is 3. The molecule has 158 valence electrons. The third kappa shape index (κ3) is 5.76. The number of rotatable bonds is 8. The van der Waals surface area contributed by atoms with Crippen LogP contribution in [0.2, 0.25) is 0 Å². The van der Waals surface area contributed by atoms with Gasteiger partial charge in [0.05, 0.1) is 23.7 Å². The lowest BCUT2D eigenvalue weighted by atomic mass is 9.86. The summed E-state index contributed by atoms with van der Waals surface area (Å²) in [5, 5.41) is 23.4. The Hall–Kier alpha value is -2.00. The molecule has 0 aromatic heterocycles. The van der Waals surface area contributed by atoms with Gasteiger partial charge in [0.15, 0.2) is 9.84 Å². The van der Waals surface area contributed by atoms with E-state index in [0.29, 0.717) is 31.7 Å². The summed E-state index contributed by atoms with van der Waals surface area (Å²) in [6.45, 7) is 1.28. The molecule has 1 saturated carbocycles. The Morgan fingerprint density at radius 1 is 1.07 bits per heavy atom. The van der Waals surface area contributed by atoms with Crippen molar-refractivity contribution in [2.45, 2.75) is 36.5 Å². The van der Waals surface area contributed by atoms with E-state index < -0.39 is 27.5 Å². The predicted molar refractivity (Wildman–Crippen MR) is 107 cm³/mol. The molecule has 8 heteroatoms. The van der Waals surface area contributed by atoms with Gasteiger partial charge in [-0.05, 0) is 54.8 Å². The molecule has 0 amide bonds. The maximum Gasteiger partial charge on any atom is 0.175 e. The second-order valence-electron chi connectivity index (χ2n) is 7.81. The van der Waals surface area contributed by atoms with Crippen molar-refractivity contribution < 1.29 is 27.8 Å². The van der Waals surface area contributed by atoms with Crippen LogP contribution in [0.15, 0.2) is 53.4 Å². The maximum absolute atomic E-state index is 13.0. The fourth-order valence-corrected chi connectivity index (χ4v) is 4.28. The van der Waals surface area contributed by atoms with Crippen molar-refractivity contribution in [2.24, 2.45) is 5.41 Å². The first-order valence-electron chi connectivity index (χ1n) is 9.41. The number of ether oxygens (including phenoxy) is 1. The highest BCUT2D eigenvalue weighted by Gasteiger charge is 2.44. The minimum absolute atomic E-state index is 0.215. The van der Waals surface area contributed by atoms with E-state index in [0.717, 1.165) is 11.8 Å². The molecular weight excluding hydrogens is 397 g/mol. The van der Waals surface area contributed by atoms with Crippen LogP contribution in [-0.2, 0) is 16.4 Å². The van der Waals surface area contributed by atoms with Crippen LogP contribution in [0.25, 0.3) is 0 Å². The van der Waals surface area contributed by atoms with Crippen LogP contribution in [0.3, 0.4) is 0 Å². The topological polar surface area (TPSA) is 95.9 Å². The van der Waals surface area contributed by atoms with Gasteiger partial charge in [0.1, 0.15) is 11.6 Å². The number of nitrogens with one attached hydrogen (secondary N) is 1. The van der Waals surface area contributed by atoms with Crippen LogP contribution < -0.4 is 10.1 Å². The normalized spacial score (nSPS) is 24.6.